The summed E-state index contributed by atoms with van der Waals surface area (Å²) >= 11 is 0. The highest BCUT2D eigenvalue weighted by atomic mass is 16.5. The van der Waals surface area contributed by atoms with Crippen LogP contribution in [0.2, 0.25) is 0 Å². The molecule has 0 saturated heterocycles. The molecule has 0 aliphatic heterocycles. The Morgan fingerprint density at radius 2 is 2.33 bits per heavy atom. The molecule has 2 N–H and O–H groups in total. The standard InChI is InChI=1S/C12H22N4O2/c1-9-7-16(6-5-13-11(3)17)12(14-9)15-10(2)8-18-4/h7,10H,5-6,8H2,1-4H3,(H,13,17)(H,14,15). The van der Waals surface area contributed by atoms with Crippen molar-refractivity contribution in [1.82, 2.24) is 14.9 Å². The molecule has 0 spiro atoms. The molecule has 1 unspecified atom stereocenters. The van der Waals surface area contributed by atoms with Gasteiger partial charge in [-0.1, -0.05) is 0 Å². The molecule has 1 aromatic heterocycles. The maximum absolute atomic E-state index is 10.8. The molecule has 0 fully saturated rings. The first-order chi connectivity index (χ1) is 8.52. The number of hydrogen-bond acceptors (Lipinski definition) is 4. The van der Waals surface area contributed by atoms with Gasteiger partial charge in [0.15, 0.2) is 0 Å². The normalized spacial score (nSPS) is 12.2. The Bertz CT molecular complexity index is 389. The quantitative estimate of drug-likeness (QED) is 0.754. The zero-order valence-electron chi connectivity index (χ0n) is 11.5. The summed E-state index contributed by atoms with van der Waals surface area (Å²) in [5.74, 6) is 0.788. The maximum Gasteiger partial charge on any atom is 0.216 e. The molecule has 18 heavy (non-hydrogen) atoms. The first kappa shape index (κ1) is 14.5. The molecule has 0 bridgehead atoms. The number of carbonyl (C=O) groups excluding carboxylic acids is 1. The van der Waals surface area contributed by atoms with Crippen molar-refractivity contribution in [3.63, 3.8) is 0 Å². The first-order valence-corrected chi connectivity index (χ1v) is 6.06. The molecule has 0 radical (unpaired) electrons. The lowest BCUT2D eigenvalue weighted by molar-refractivity contribution is -0.118. The number of aryl methyl sites for hydroxylation is 1. The van der Waals surface area contributed by atoms with E-state index >= 15 is 0 Å². The molecule has 1 aromatic rings. The van der Waals surface area contributed by atoms with E-state index in [0.29, 0.717) is 19.7 Å². The molecule has 0 aliphatic carbocycles. The number of imidazole rings is 1. The average Bonchev–Trinajstić information content (AvgIpc) is 2.58. The van der Waals surface area contributed by atoms with Crippen molar-refractivity contribution in [2.75, 3.05) is 25.6 Å². The van der Waals surface area contributed by atoms with E-state index in [2.05, 4.69) is 15.6 Å². The highest BCUT2D eigenvalue weighted by Crippen LogP contribution is 2.09. The van der Waals surface area contributed by atoms with Gasteiger partial charge in [0.2, 0.25) is 11.9 Å². The van der Waals surface area contributed by atoms with Crippen LogP contribution in [0.5, 0.6) is 0 Å². The van der Waals surface area contributed by atoms with Crippen LogP contribution >= 0.6 is 0 Å². The Labute approximate surface area is 108 Å². The number of carbonyl (C=O) groups is 1. The van der Waals surface area contributed by atoms with E-state index in [1.807, 2.05) is 24.6 Å². The summed E-state index contributed by atoms with van der Waals surface area (Å²) in [4.78, 5) is 15.2. The Hall–Kier alpha value is -1.56. The minimum Gasteiger partial charge on any atom is -0.383 e. The predicted molar refractivity (Wildman–Crippen MR) is 70.6 cm³/mol. The predicted octanol–water partition coefficient (Wildman–Crippen LogP) is 0.774. The van der Waals surface area contributed by atoms with Crippen molar-refractivity contribution in [3.8, 4) is 0 Å². The zero-order chi connectivity index (χ0) is 13.5. The van der Waals surface area contributed by atoms with Gasteiger partial charge in [-0.25, -0.2) is 4.98 Å². The lowest BCUT2D eigenvalue weighted by Gasteiger charge is -2.15. The summed E-state index contributed by atoms with van der Waals surface area (Å²) in [5.41, 5.74) is 0.949. The van der Waals surface area contributed by atoms with Crippen LogP contribution < -0.4 is 10.6 Å². The van der Waals surface area contributed by atoms with Crippen molar-refractivity contribution in [3.05, 3.63) is 11.9 Å². The Kier molecular flexibility index (Phi) is 5.64. The molecular weight excluding hydrogens is 232 g/mol. The van der Waals surface area contributed by atoms with E-state index < -0.39 is 0 Å². The largest absolute Gasteiger partial charge is 0.383 e. The Morgan fingerprint density at radius 1 is 1.61 bits per heavy atom. The Balaban J connectivity index is 2.58. The maximum atomic E-state index is 10.8. The molecule has 102 valence electrons. The lowest BCUT2D eigenvalue weighted by Crippen LogP contribution is -2.27. The Morgan fingerprint density at radius 3 is 2.94 bits per heavy atom. The summed E-state index contributed by atoms with van der Waals surface area (Å²) in [6.07, 6.45) is 1.96. The molecule has 0 saturated carbocycles. The smallest absolute Gasteiger partial charge is 0.216 e. The number of aromatic nitrogens is 2. The van der Waals surface area contributed by atoms with Crippen LogP contribution in [0.3, 0.4) is 0 Å². The lowest BCUT2D eigenvalue weighted by atomic mass is 10.4. The van der Waals surface area contributed by atoms with Crippen LogP contribution in [0.15, 0.2) is 6.20 Å². The third kappa shape index (κ3) is 4.75. The summed E-state index contributed by atoms with van der Waals surface area (Å²) in [5, 5.41) is 6.05. The summed E-state index contributed by atoms with van der Waals surface area (Å²) in [7, 11) is 1.67. The molecule has 1 amide bonds. The van der Waals surface area contributed by atoms with Crippen LogP contribution in [-0.2, 0) is 16.1 Å². The van der Waals surface area contributed by atoms with Crippen molar-refractivity contribution in [2.24, 2.45) is 0 Å². The molecule has 6 nitrogen and oxygen atoms in total. The van der Waals surface area contributed by atoms with Gasteiger partial charge in [0.05, 0.1) is 12.3 Å². The van der Waals surface area contributed by atoms with Crippen molar-refractivity contribution >= 4 is 11.9 Å². The van der Waals surface area contributed by atoms with Crippen LogP contribution in [-0.4, -0.2) is 41.8 Å². The second-order valence-corrected chi connectivity index (χ2v) is 4.38. The van der Waals surface area contributed by atoms with Gasteiger partial charge in [0.25, 0.3) is 0 Å². The fourth-order valence-electron chi connectivity index (χ4n) is 1.70. The molecule has 1 atom stereocenters. The van der Waals surface area contributed by atoms with Gasteiger partial charge < -0.3 is 19.9 Å². The monoisotopic (exact) mass is 254 g/mol. The third-order valence-electron chi connectivity index (χ3n) is 2.42. The molecule has 0 aliphatic rings. The number of nitrogens with zero attached hydrogens (tertiary/aromatic N) is 2. The van der Waals surface area contributed by atoms with Gasteiger partial charge in [0.1, 0.15) is 0 Å². The number of nitrogens with one attached hydrogen (secondary N) is 2. The van der Waals surface area contributed by atoms with Crippen LogP contribution in [0.1, 0.15) is 19.5 Å². The van der Waals surface area contributed by atoms with E-state index in [1.165, 1.54) is 6.92 Å². The number of anilines is 1. The van der Waals surface area contributed by atoms with Gasteiger partial charge in [-0.05, 0) is 13.8 Å². The number of ether oxygens (including phenoxy) is 1. The highest BCUT2D eigenvalue weighted by molar-refractivity contribution is 5.72. The number of rotatable bonds is 7. The second-order valence-electron chi connectivity index (χ2n) is 4.38. The van der Waals surface area contributed by atoms with Gasteiger partial charge in [-0.15, -0.1) is 0 Å². The summed E-state index contributed by atoms with van der Waals surface area (Å²) in [6.45, 7) is 7.41. The summed E-state index contributed by atoms with van der Waals surface area (Å²) in [6, 6.07) is 0.191. The minimum atomic E-state index is -0.0194. The van der Waals surface area contributed by atoms with Crippen molar-refractivity contribution in [2.45, 2.75) is 33.4 Å². The zero-order valence-corrected chi connectivity index (χ0v) is 11.5. The van der Waals surface area contributed by atoms with E-state index in [9.17, 15) is 4.79 Å². The summed E-state index contributed by atoms with van der Waals surface area (Å²) < 4.78 is 7.08. The topological polar surface area (TPSA) is 68.2 Å². The minimum absolute atomic E-state index is 0.0194. The highest BCUT2D eigenvalue weighted by Gasteiger charge is 2.08. The molecular formula is C12H22N4O2. The molecule has 1 rings (SSSR count). The van der Waals surface area contributed by atoms with Crippen LogP contribution in [0, 0.1) is 6.92 Å². The number of amides is 1. The van der Waals surface area contributed by atoms with Gasteiger partial charge in [0, 0.05) is 39.4 Å². The molecule has 0 aromatic carbocycles. The molecule has 6 heteroatoms. The van der Waals surface area contributed by atoms with Crippen LogP contribution in [0.25, 0.3) is 0 Å². The number of hydrogen-bond donors (Lipinski definition) is 2. The van der Waals surface area contributed by atoms with Gasteiger partial charge >= 0.3 is 0 Å². The van der Waals surface area contributed by atoms with Crippen molar-refractivity contribution in [1.29, 1.82) is 0 Å². The van der Waals surface area contributed by atoms with Crippen molar-refractivity contribution < 1.29 is 9.53 Å². The van der Waals surface area contributed by atoms with E-state index in [0.717, 1.165) is 11.6 Å². The fourth-order valence-corrected chi connectivity index (χ4v) is 1.70. The van der Waals surface area contributed by atoms with Gasteiger partial charge in [-0.3, -0.25) is 4.79 Å². The average molecular weight is 254 g/mol. The number of methoxy groups -OCH3 is 1. The SMILES string of the molecule is COCC(C)Nc1nc(C)cn1CCNC(C)=O. The third-order valence-corrected chi connectivity index (χ3v) is 2.42. The van der Waals surface area contributed by atoms with E-state index in [1.54, 1.807) is 7.11 Å². The van der Waals surface area contributed by atoms with Crippen LogP contribution in [0.4, 0.5) is 5.95 Å². The van der Waals surface area contributed by atoms with E-state index in [-0.39, 0.29) is 11.9 Å². The second kappa shape index (κ2) is 7.00. The molecule has 1 heterocycles. The fraction of sp³-hybridized carbons (Fsp3) is 0.667. The van der Waals surface area contributed by atoms with E-state index in [4.69, 9.17) is 4.74 Å². The van der Waals surface area contributed by atoms with Gasteiger partial charge in [-0.2, -0.15) is 0 Å². The first-order valence-electron chi connectivity index (χ1n) is 6.06.